The van der Waals surface area contributed by atoms with Crippen molar-refractivity contribution < 1.29 is 77.6 Å². The number of primary amides is 3. The van der Waals surface area contributed by atoms with E-state index in [2.05, 4.69) is 57.8 Å². The number of carboxylic acid groups (broad SMARTS) is 1. The van der Waals surface area contributed by atoms with E-state index in [1.807, 2.05) is 0 Å². The molecule has 2 fully saturated rings. The molecule has 0 aromatic carbocycles. The highest BCUT2D eigenvalue weighted by molar-refractivity contribution is 5.98. The average Bonchev–Trinajstić information content (AvgIpc) is 4.18. The number of aliphatic carboxylic acids is 1. The van der Waals surface area contributed by atoms with Gasteiger partial charge in [0, 0.05) is 44.1 Å². The summed E-state index contributed by atoms with van der Waals surface area (Å²) in [5, 5.41) is 52.0. The average molecular weight is 1080 g/mol. The number of likely N-dealkylation sites (tertiary alicyclic amines) is 1. The van der Waals surface area contributed by atoms with Crippen molar-refractivity contribution in [3.63, 3.8) is 0 Å². The molecule has 3 rings (SSSR count). The second-order valence-electron chi connectivity index (χ2n) is 18.7. The number of nitrogens with one attached hydrogen (secondary N) is 10. The van der Waals surface area contributed by atoms with Crippen LogP contribution in [-0.2, 0) is 68.7 Å². The number of nitrogens with two attached hydrogens (primary N) is 3. The summed E-state index contributed by atoms with van der Waals surface area (Å²) in [6.45, 7) is 3.12. The summed E-state index contributed by atoms with van der Waals surface area (Å²) >= 11 is 0. The standard InChI is InChI=1S/C45H71N15O16/c1-21(2)35(45(75)76)58-38(68)25(9-12-32(47)64)54-40(70)28(16-23-17-49-20-52-23)57-43(73)36(22(3)62)59-39(69)26(10-13-33(48)65)55-41(71)29(19-61)53-34(66)18-51-37(67)24(8-11-31(46)63)56-42(72)30-7-5-15-60(30)44(74)27-6-4-14-50-27/h17,20-22,24-30,35-36,50,61-62H,4-16,18-19H2,1-3H3,(H2,46,63)(H2,47,64)(H2,48,65)(H,49,52)(H,51,67)(H,53,66)(H,54,70)(H,55,71)(H,56,72)(H,57,73)(H,58,68)(H,59,69)(H,75,76)/t22-,24+,25+,26+,27+,28+,29+,30+,35+,36+/m1/s1. The van der Waals surface area contributed by atoms with Crippen molar-refractivity contribution in [2.45, 2.75) is 152 Å². The van der Waals surface area contributed by atoms with Crippen LogP contribution < -0.4 is 65.1 Å². The van der Waals surface area contributed by atoms with E-state index in [1.54, 1.807) is 0 Å². The first-order chi connectivity index (χ1) is 35.8. The molecule has 76 heavy (non-hydrogen) atoms. The summed E-state index contributed by atoms with van der Waals surface area (Å²) in [4.78, 5) is 176. The van der Waals surface area contributed by atoms with Gasteiger partial charge >= 0.3 is 5.97 Å². The zero-order chi connectivity index (χ0) is 56.8. The van der Waals surface area contributed by atoms with Crippen molar-refractivity contribution in [2.24, 2.45) is 23.1 Å². The second-order valence-corrected chi connectivity index (χ2v) is 18.7. The summed E-state index contributed by atoms with van der Waals surface area (Å²) in [5.41, 5.74) is 16.1. The van der Waals surface area contributed by atoms with Gasteiger partial charge in [0.2, 0.25) is 70.9 Å². The molecular formula is C45H71N15O16. The van der Waals surface area contributed by atoms with Crippen molar-refractivity contribution in [3.8, 4) is 0 Å². The van der Waals surface area contributed by atoms with Gasteiger partial charge in [-0.2, -0.15) is 0 Å². The number of aliphatic hydroxyl groups excluding tert-OH is 2. The van der Waals surface area contributed by atoms with Gasteiger partial charge in [-0.15, -0.1) is 0 Å². The van der Waals surface area contributed by atoms with Gasteiger partial charge < -0.3 is 90.3 Å². The van der Waals surface area contributed by atoms with Crippen molar-refractivity contribution in [1.82, 2.24) is 62.7 Å². The Balaban J connectivity index is 1.73. The van der Waals surface area contributed by atoms with Gasteiger partial charge in [-0.1, -0.05) is 13.8 Å². The maximum absolute atomic E-state index is 13.9. The van der Waals surface area contributed by atoms with Gasteiger partial charge in [0.15, 0.2) is 0 Å². The maximum Gasteiger partial charge on any atom is 0.326 e. The number of carboxylic acids is 1. The van der Waals surface area contributed by atoms with Crippen molar-refractivity contribution in [3.05, 3.63) is 18.2 Å². The zero-order valence-electron chi connectivity index (χ0n) is 42.4. The molecule has 0 saturated carbocycles. The van der Waals surface area contributed by atoms with Crippen molar-refractivity contribution in [1.29, 1.82) is 0 Å². The van der Waals surface area contributed by atoms with Gasteiger partial charge in [-0.3, -0.25) is 57.5 Å². The van der Waals surface area contributed by atoms with E-state index in [4.69, 9.17) is 17.2 Å². The summed E-state index contributed by atoms with van der Waals surface area (Å²) in [6.07, 6.45) is 0.110. The molecule has 0 spiro atoms. The Kier molecular flexibility index (Phi) is 25.1. The second kappa shape index (κ2) is 30.5. The molecule has 1 aromatic rings. The molecule has 0 unspecified atom stereocenters. The number of aromatic nitrogens is 2. The van der Waals surface area contributed by atoms with Gasteiger partial charge in [-0.05, 0) is 64.3 Å². The highest BCUT2D eigenvalue weighted by Gasteiger charge is 2.40. The van der Waals surface area contributed by atoms with E-state index < -0.39 is 176 Å². The fourth-order valence-corrected chi connectivity index (χ4v) is 8.12. The topological polar surface area (TPSA) is 501 Å². The molecule has 10 atom stereocenters. The minimum Gasteiger partial charge on any atom is -0.480 e. The molecular weight excluding hydrogens is 1010 g/mol. The van der Waals surface area contributed by atoms with Crippen LogP contribution in [0, 0.1) is 5.92 Å². The van der Waals surface area contributed by atoms with Gasteiger partial charge in [0.05, 0.1) is 31.6 Å². The van der Waals surface area contributed by atoms with E-state index in [0.29, 0.717) is 32.4 Å². The van der Waals surface area contributed by atoms with E-state index in [9.17, 15) is 77.6 Å². The van der Waals surface area contributed by atoms with Crippen LogP contribution in [0.3, 0.4) is 0 Å². The lowest BCUT2D eigenvalue weighted by Crippen LogP contribution is -2.62. The van der Waals surface area contributed by atoms with Crippen LogP contribution in [0.5, 0.6) is 0 Å². The molecule has 31 heteroatoms. The number of carbonyl (C=O) groups excluding carboxylic acids is 12. The first-order valence-corrected chi connectivity index (χ1v) is 24.6. The first-order valence-electron chi connectivity index (χ1n) is 24.6. The van der Waals surface area contributed by atoms with E-state index >= 15 is 0 Å². The first kappa shape index (κ1) is 62.5. The Hall–Kier alpha value is -7.80. The van der Waals surface area contributed by atoms with E-state index in [0.717, 1.165) is 13.3 Å². The molecule has 19 N–H and O–H groups in total. The van der Waals surface area contributed by atoms with Gasteiger partial charge in [-0.25, -0.2) is 9.78 Å². The Morgan fingerprint density at radius 1 is 0.671 bits per heavy atom. The summed E-state index contributed by atoms with van der Waals surface area (Å²) in [7, 11) is 0. The number of imidazole rings is 1. The minimum absolute atomic E-state index is 0.257. The maximum atomic E-state index is 13.9. The Morgan fingerprint density at radius 2 is 1.20 bits per heavy atom. The van der Waals surface area contributed by atoms with Gasteiger partial charge in [0.1, 0.15) is 48.3 Å². The number of hydrogen-bond acceptors (Lipinski definition) is 17. The fourth-order valence-electron chi connectivity index (χ4n) is 8.12. The molecule has 0 radical (unpaired) electrons. The van der Waals surface area contributed by atoms with Crippen LogP contribution in [0.4, 0.5) is 0 Å². The van der Waals surface area contributed by atoms with Crippen LogP contribution in [0.1, 0.15) is 90.7 Å². The lowest BCUT2D eigenvalue weighted by atomic mass is 10.0. The van der Waals surface area contributed by atoms with Gasteiger partial charge in [0.25, 0.3) is 0 Å². The monoisotopic (exact) mass is 1080 g/mol. The highest BCUT2D eigenvalue weighted by atomic mass is 16.4. The van der Waals surface area contributed by atoms with Crippen LogP contribution in [0.2, 0.25) is 0 Å². The molecule has 0 aliphatic carbocycles. The molecule has 1 aromatic heterocycles. The van der Waals surface area contributed by atoms with Crippen LogP contribution in [-0.4, -0.2) is 194 Å². The Labute approximate surface area is 435 Å². The smallest absolute Gasteiger partial charge is 0.326 e. The molecule has 2 aliphatic rings. The third-order valence-electron chi connectivity index (χ3n) is 12.3. The minimum atomic E-state index is -1.92. The number of aliphatic hydroxyl groups is 2. The third-order valence-corrected chi connectivity index (χ3v) is 12.3. The molecule has 2 aliphatic heterocycles. The lowest BCUT2D eigenvalue weighted by Gasteiger charge is -2.28. The quantitative estimate of drug-likeness (QED) is 0.0319. The zero-order valence-corrected chi connectivity index (χ0v) is 42.4. The number of amides is 12. The fraction of sp³-hybridized carbons (Fsp3) is 0.644. The number of nitrogens with zero attached hydrogens (tertiary/aromatic N) is 2. The Bertz CT molecular complexity index is 2260. The number of aromatic amines is 1. The van der Waals surface area contributed by atoms with E-state index in [1.165, 1.54) is 31.3 Å². The van der Waals surface area contributed by atoms with Crippen molar-refractivity contribution >= 4 is 76.9 Å². The Morgan fingerprint density at radius 3 is 1.67 bits per heavy atom. The van der Waals surface area contributed by atoms with Crippen LogP contribution in [0.15, 0.2) is 12.5 Å². The third kappa shape index (κ3) is 20.1. The van der Waals surface area contributed by atoms with Crippen molar-refractivity contribution in [2.75, 3.05) is 26.2 Å². The van der Waals surface area contributed by atoms with Crippen LogP contribution in [0.25, 0.3) is 0 Å². The number of rotatable bonds is 32. The molecule has 2 saturated heterocycles. The number of carbonyl (C=O) groups is 13. The number of H-pyrrole nitrogens is 1. The molecule has 0 bridgehead atoms. The van der Waals surface area contributed by atoms with E-state index in [-0.39, 0.29) is 30.9 Å². The molecule has 12 amide bonds. The lowest BCUT2D eigenvalue weighted by molar-refractivity contribution is -0.143. The summed E-state index contributed by atoms with van der Waals surface area (Å²) in [5.74, 6) is -13.3. The SMILES string of the molecule is CC(C)[C@H](NC(=O)[C@H](CCC(N)=O)NC(=O)[C@H](Cc1cnc[nH]1)NC(=O)[C@@H](NC(=O)[C@H](CCC(N)=O)NC(=O)[C@H](CO)NC(=O)CNC(=O)[C@H](CCC(N)=O)NC(=O)[C@@H]1CCCN1C(=O)[C@@H]1CCCN1)[C@@H](C)O)C(=O)O. The molecule has 31 nitrogen and oxygen atoms in total. The van der Waals surface area contributed by atoms with Crippen LogP contribution >= 0.6 is 0 Å². The molecule has 3 heterocycles. The summed E-state index contributed by atoms with van der Waals surface area (Å²) < 4.78 is 0. The highest BCUT2D eigenvalue weighted by Crippen LogP contribution is 2.21. The predicted molar refractivity (Wildman–Crippen MR) is 261 cm³/mol. The predicted octanol–water partition coefficient (Wildman–Crippen LogP) is -7.88. The molecule has 422 valence electrons. The largest absolute Gasteiger partial charge is 0.480 e. The number of hydrogen-bond donors (Lipinski definition) is 16. The normalized spacial score (nSPS) is 18.2. The summed E-state index contributed by atoms with van der Waals surface area (Å²) in [6, 6.07) is -12.9.